The van der Waals surface area contributed by atoms with Crippen molar-refractivity contribution < 1.29 is 24.1 Å². The monoisotopic (exact) mass is 292 g/mol. The van der Waals surface area contributed by atoms with Gasteiger partial charge < -0.3 is 14.9 Å². The Bertz CT molecular complexity index is 605. The number of alkyl halides is 1. The SMILES string of the molecule is CCc1cc(C(=O)COC2=CCC(F)C=C2)c(O)cc1O. The molecule has 0 saturated heterocycles. The number of phenols is 2. The molecule has 0 aliphatic heterocycles. The maximum absolute atomic E-state index is 12.9. The van der Waals surface area contributed by atoms with Crippen molar-refractivity contribution in [3.05, 3.63) is 47.2 Å². The second kappa shape index (κ2) is 6.43. The van der Waals surface area contributed by atoms with E-state index in [4.69, 9.17) is 4.74 Å². The summed E-state index contributed by atoms with van der Waals surface area (Å²) in [6.45, 7) is 1.58. The number of Topliss-reactive ketones (excluding diaryl/α,β-unsaturated/α-hetero) is 1. The lowest BCUT2D eigenvalue weighted by molar-refractivity contribution is 0.0866. The fourth-order valence-electron chi connectivity index (χ4n) is 2.04. The van der Waals surface area contributed by atoms with Crippen molar-refractivity contribution in [2.24, 2.45) is 0 Å². The molecule has 0 amide bonds. The van der Waals surface area contributed by atoms with Gasteiger partial charge in [-0.2, -0.15) is 0 Å². The highest BCUT2D eigenvalue weighted by atomic mass is 19.1. The number of carbonyl (C=O) groups is 1. The van der Waals surface area contributed by atoms with Gasteiger partial charge in [-0.1, -0.05) is 6.92 Å². The van der Waals surface area contributed by atoms with E-state index in [0.717, 1.165) is 6.07 Å². The second-order valence-electron chi connectivity index (χ2n) is 4.78. The molecule has 21 heavy (non-hydrogen) atoms. The van der Waals surface area contributed by atoms with Crippen LogP contribution in [0.2, 0.25) is 0 Å². The molecule has 1 aromatic carbocycles. The van der Waals surface area contributed by atoms with E-state index in [0.29, 0.717) is 17.7 Å². The van der Waals surface area contributed by atoms with Crippen LogP contribution in [-0.4, -0.2) is 28.8 Å². The molecule has 2 rings (SSSR count). The average Bonchev–Trinajstić information content (AvgIpc) is 2.46. The molecule has 0 radical (unpaired) electrons. The van der Waals surface area contributed by atoms with E-state index in [1.807, 2.05) is 6.92 Å². The molecule has 0 aromatic heterocycles. The van der Waals surface area contributed by atoms with Crippen LogP contribution < -0.4 is 0 Å². The molecule has 2 N–H and O–H groups in total. The number of aryl methyl sites for hydroxylation is 1. The maximum Gasteiger partial charge on any atom is 0.203 e. The number of phenolic OH excluding ortho intramolecular Hbond substituents is 2. The molecule has 5 heteroatoms. The number of hydrogen-bond donors (Lipinski definition) is 2. The van der Waals surface area contributed by atoms with Gasteiger partial charge in [0.25, 0.3) is 0 Å². The minimum Gasteiger partial charge on any atom is -0.508 e. The first-order chi connectivity index (χ1) is 10.0. The molecule has 1 atom stereocenters. The number of benzene rings is 1. The van der Waals surface area contributed by atoms with Crippen molar-refractivity contribution in [2.45, 2.75) is 25.9 Å². The van der Waals surface area contributed by atoms with Gasteiger partial charge in [0.1, 0.15) is 23.4 Å². The number of carbonyl (C=O) groups excluding carboxylic acids is 1. The van der Waals surface area contributed by atoms with E-state index in [1.165, 1.54) is 18.2 Å². The van der Waals surface area contributed by atoms with Gasteiger partial charge in [-0.25, -0.2) is 4.39 Å². The summed E-state index contributed by atoms with van der Waals surface area (Å²) in [6, 6.07) is 2.61. The van der Waals surface area contributed by atoms with Crippen LogP contribution in [0.3, 0.4) is 0 Å². The summed E-state index contributed by atoms with van der Waals surface area (Å²) in [7, 11) is 0. The van der Waals surface area contributed by atoms with Gasteiger partial charge in [-0.3, -0.25) is 4.79 Å². The Labute approximate surface area is 122 Å². The van der Waals surface area contributed by atoms with Crippen LogP contribution >= 0.6 is 0 Å². The summed E-state index contributed by atoms with van der Waals surface area (Å²) >= 11 is 0. The van der Waals surface area contributed by atoms with E-state index in [9.17, 15) is 19.4 Å². The van der Waals surface area contributed by atoms with Gasteiger partial charge in [0, 0.05) is 12.5 Å². The number of hydrogen-bond acceptors (Lipinski definition) is 4. The van der Waals surface area contributed by atoms with Crippen molar-refractivity contribution in [1.29, 1.82) is 0 Å². The van der Waals surface area contributed by atoms with Gasteiger partial charge in [0.05, 0.1) is 5.56 Å². The summed E-state index contributed by atoms with van der Waals surface area (Å²) in [6.07, 6.45) is 4.18. The number of aromatic hydroxyl groups is 2. The van der Waals surface area contributed by atoms with Crippen LogP contribution in [0.25, 0.3) is 0 Å². The topological polar surface area (TPSA) is 66.8 Å². The number of halogens is 1. The first kappa shape index (κ1) is 15.1. The minimum absolute atomic E-state index is 0.0422. The van der Waals surface area contributed by atoms with Crippen molar-refractivity contribution in [1.82, 2.24) is 0 Å². The van der Waals surface area contributed by atoms with Crippen LogP contribution in [0.4, 0.5) is 4.39 Å². The maximum atomic E-state index is 12.9. The molecule has 0 saturated carbocycles. The van der Waals surface area contributed by atoms with Crippen LogP contribution in [0.5, 0.6) is 11.5 Å². The highest BCUT2D eigenvalue weighted by molar-refractivity contribution is 6.00. The number of allylic oxidation sites excluding steroid dienone is 3. The molecule has 4 nitrogen and oxygen atoms in total. The zero-order chi connectivity index (χ0) is 15.4. The molecular weight excluding hydrogens is 275 g/mol. The summed E-state index contributed by atoms with van der Waals surface area (Å²) in [5, 5.41) is 19.3. The van der Waals surface area contributed by atoms with Gasteiger partial charge in [0.2, 0.25) is 5.78 Å². The van der Waals surface area contributed by atoms with Crippen LogP contribution in [-0.2, 0) is 11.2 Å². The molecule has 0 heterocycles. The Hall–Kier alpha value is -2.30. The van der Waals surface area contributed by atoms with Crippen LogP contribution in [0.15, 0.2) is 36.1 Å². The first-order valence-electron chi connectivity index (χ1n) is 6.74. The second-order valence-corrected chi connectivity index (χ2v) is 4.78. The number of rotatable bonds is 5. The number of ether oxygens (including phenoxy) is 1. The average molecular weight is 292 g/mol. The van der Waals surface area contributed by atoms with E-state index in [-0.39, 0.29) is 30.1 Å². The molecule has 0 spiro atoms. The Balaban J connectivity index is 2.05. The lowest BCUT2D eigenvalue weighted by atomic mass is 10.0. The summed E-state index contributed by atoms with van der Waals surface area (Å²) in [5.41, 5.74) is 0.682. The summed E-state index contributed by atoms with van der Waals surface area (Å²) in [4.78, 5) is 12.1. The zero-order valence-corrected chi connectivity index (χ0v) is 11.7. The molecule has 112 valence electrons. The molecule has 1 aliphatic carbocycles. The van der Waals surface area contributed by atoms with Crippen molar-refractivity contribution in [3.63, 3.8) is 0 Å². The normalized spacial score (nSPS) is 17.4. The first-order valence-corrected chi connectivity index (χ1v) is 6.74. The molecule has 1 unspecified atom stereocenters. The largest absolute Gasteiger partial charge is 0.508 e. The Morgan fingerprint density at radius 3 is 2.76 bits per heavy atom. The minimum atomic E-state index is -1.01. The third kappa shape index (κ3) is 3.62. The smallest absolute Gasteiger partial charge is 0.203 e. The van der Waals surface area contributed by atoms with E-state index >= 15 is 0 Å². The molecule has 1 aromatic rings. The van der Waals surface area contributed by atoms with Crippen molar-refractivity contribution >= 4 is 5.78 Å². The highest BCUT2D eigenvalue weighted by Gasteiger charge is 2.16. The molecule has 0 fully saturated rings. The van der Waals surface area contributed by atoms with Gasteiger partial charge in [-0.15, -0.1) is 0 Å². The zero-order valence-electron chi connectivity index (χ0n) is 11.7. The Morgan fingerprint density at radius 2 is 2.14 bits per heavy atom. The van der Waals surface area contributed by atoms with E-state index < -0.39 is 12.0 Å². The number of ketones is 1. The third-order valence-corrected chi connectivity index (χ3v) is 3.26. The van der Waals surface area contributed by atoms with E-state index in [1.54, 1.807) is 6.08 Å². The molecular formula is C16H17FO4. The van der Waals surface area contributed by atoms with Crippen molar-refractivity contribution in [3.8, 4) is 11.5 Å². The van der Waals surface area contributed by atoms with Gasteiger partial charge >= 0.3 is 0 Å². The van der Waals surface area contributed by atoms with Crippen molar-refractivity contribution in [2.75, 3.05) is 6.61 Å². The third-order valence-electron chi connectivity index (χ3n) is 3.26. The van der Waals surface area contributed by atoms with Crippen LogP contribution in [0.1, 0.15) is 29.3 Å². The lowest BCUT2D eigenvalue weighted by Crippen LogP contribution is -2.11. The Kier molecular flexibility index (Phi) is 4.62. The Morgan fingerprint density at radius 1 is 1.38 bits per heavy atom. The quantitative estimate of drug-likeness (QED) is 0.819. The molecule has 1 aliphatic rings. The lowest BCUT2D eigenvalue weighted by Gasteiger charge is -2.12. The van der Waals surface area contributed by atoms with E-state index in [2.05, 4.69) is 0 Å². The molecule has 0 bridgehead atoms. The highest BCUT2D eigenvalue weighted by Crippen LogP contribution is 2.28. The predicted octanol–water partition coefficient (Wildman–Crippen LogP) is 3.04. The fraction of sp³-hybridized carbons (Fsp3) is 0.312. The van der Waals surface area contributed by atoms with Crippen LogP contribution in [0, 0.1) is 0 Å². The van der Waals surface area contributed by atoms with Gasteiger partial charge in [0.15, 0.2) is 6.61 Å². The standard InChI is InChI=1S/C16H17FO4/c1-2-10-7-13(15(19)8-14(10)18)16(20)9-21-12-5-3-11(17)4-6-12/h3,5-8,11,18-19H,2,4,9H2,1H3. The summed E-state index contributed by atoms with van der Waals surface area (Å²) < 4.78 is 18.2. The fourth-order valence-corrected chi connectivity index (χ4v) is 2.04. The predicted molar refractivity (Wildman–Crippen MR) is 76.2 cm³/mol. The van der Waals surface area contributed by atoms with Gasteiger partial charge in [-0.05, 0) is 36.3 Å². The summed E-state index contributed by atoms with van der Waals surface area (Å²) in [5.74, 6) is -0.292.